The van der Waals surface area contributed by atoms with Crippen LogP contribution in [0.15, 0.2) is 72.8 Å². The Morgan fingerprint density at radius 3 is 2.35 bits per heavy atom. The molecule has 1 heterocycles. The van der Waals surface area contributed by atoms with Crippen molar-refractivity contribution < 1.29 is 27.5 Å². The molecular weight excluding hydrogens is 566 g/mol. The zero-order valence-corrected chi connectivity index (χ0v) is 25.5. The molecule has 0 aromatic heterocycles. The number of anilines is 1. The smallest absolute Gasteiger partial charge is 0.244 e. The zero-order chi connectivity index (χ0) is 30.4. The highest BCUT2D eigenvalue weighted by Crippen LogP contribution is 2.36. The van der Waals surface area contributed by atoms with E-state index in [1.807, 2.05) is 61.5 Å². The summed E-state index contributed by atoms with van der Waals surface area (Å²) in [6, 6.07) is 21.3. The topological polar surface area (TPSA) is 105 Å². The summed E-state index contributed by atoms with van der Waals surface area (Å²) in [6.07, 6.45) is 6.42. The first-order chi connectivity index (χ1) is 20.7. The van der Waals surface area contributed by atoms with Gasteiger partial charge >= 0.3 is 0 Å². The van der Waals surface area contributed by atoms with E-state index < -0.39 is 28.5 Å². The molecule has 5 rings (SSSR count). The maximum absolute atomic E-state index is 14.3. The van der Waals surface area contributed by atoms with Crippen molar-refractivity contribution in [1.29, 1.82) is 0 Å². The lowest BCUT2D eigenvalue weighted by atomic mass is 9.94. The van der Waals surface area contributed by atoms with Crippen LogP contribution in [0.3, 0.4) is 0 Å². The summed E-state index contributed by atoms with van der Waals surface area (Å²) in [5.74, 6) is 0.203. The van der Waals surface area contributed by atoms with Gasteiger partial charge in [-0.3, -0.25) is 13.9 Å². The van der Waals surface area contributed by atoms with Crippen molar-refractivity contribution in [2.75, 3.05) is 23.9 Å². The van der Waals surface area contributed by atoms with Crippen LogP contribution in [0.25, 0.3) is 0 Å². The molecule has 1 N–H and O–H groups in total. The Morgan fingerprint density at radius 1 is 0.930 bits per heavy atom. The summed E-state index contributed by atoms with van der Waals surface area (Å²) in [5, 5.41) is 3.22. The Labute approximate surface area is 253 Å². The Hall–Kier alpha value is -4.05. The predicted octanol–water partition coefficient (Wildman–Crippen LogP) is 4.58. The second-order valence-corrected chi connectivity index (χ2v) is 13.2. The van der Waals surface area contributed by atoms with Gasteiger partial charge in [0.15, 0.2) is 11.5 Å². The number of benzene rings is 3. The summed E-state index contributed by atoms with van der Waals surface area (Å²) in [4.78, 5) is 29.9. The molecule has 228 valence electrons. The van der Waals surface area contributed by atoms with Gasteiger partial charge in [0.1, 0.15) is 12.6 Å². The van der Waals surface area contributed by atoms with Gasteiger partial charge in [-0.15, -0.1) is 0 Å². The van der Waals surface area contributed by atoms with Gasteiger partial charge in [-0.05, 0) is 48.6 Å². The predicted molar refractivity (Wildman–Crippen MR) is 165 cm³/mol. The number of nitrogens with one attached hydrogen (secondary N) is 1. The molecule has 9 nitrogen and oxygen atoms in total. The van der Waals surface area contributed by atoms with E-state index in [9.17, 15) is 18.0 Å². The van der Waals surface area contributed by atoms with Crippen molar-refractivity contribution in [2.24, 2.45) is 0 Å². The molecule has 43 heavy (non-hydrogen) atoms. The summed E-state index contributed by atoms with van der Waals surface area (Å²) in [5.41, 5.74) is 3.04. The average molecular weight is 606 g/mol. The number of sulfonamides is 1. The highest BCUT2D eigenvalue weighted by atomic mass is 32.2. The summed E-state index contributed by atoms with van der Waals surface area (Å²) < 4.78 is 38.0. The minimum atomic E-state index is -3.88. The number of hydrogen-bond acceptors (Lipinski definition) is 6. The maximum Gasteiger partial charge on any atom is 0.244 e. The van der Waals surface area contributed by atoms with Crippen LogP contribution in [-0.2, 0) is 32.6 Å². The van der Waals surface area contributed by atoms with Gasteiger partial charge in [-0.2, -0.15) is 0 Å². The SMILES string of the molecule is Cc1ccccc1CN(C(=O)CN(c1ccc2c(c1)OCO2)S(C)(=O)=O)[C@@H](Cc1ccccc1)C(=O)NC1CCCCC1. The fraction of sp³-hybridized carbons (Fsp3) is 0.394. The molecule has 1 atom stereocenters. The van der Waals surface area contributed by atoms with E-state index in [-0.39, 0.29) is 31.0 Å². The number of aryl methyl sites for hydroxylation is 1. The van der Waals surface area contributed by atoms with Crippen LogP contribution in [0.2, 0.25) is 0 Å². The molecule has 3 aromatic rings. The molecule has 1 fully saturated rings. The molecule has 2 amide bonds. The zero-order valence-electron chi connectivity index (χ0n) is 24.7. The van der Waals surface area contributed by atoms with Gasteiger partial charge < -0.3 is 19.7 Å². The third-order valence-electron chi connectivity index (χ3n) is 8.15. The molecule has 1 aliphatic carbocycles. The number of nitrogens with zero attached hydrogens (tertiary/aromatic N) is 2. The third kappa shape index (κ3) is 7.67. The molecule has 0 saturated heterocycles. The van der Waals surface area contributed by atoms with Crippen LogP contribution in [0, 0.1) is 6.92 Å². The first kappa shape index (κ1) is 30.4. The fourth-order valence-corrected chi connectivity index (χ4v) is 6.56. The van der Waals surface area contributed by atoms with Gasteiger partial charge in [0.2, 0.25) is 28.6 Å². The van der Waals surface area contributed by atoms with Gasteiger partial charge in [-0.25, -0.2) is 8.42 Å². The number of ether oxygens (including phenoxy) is 2. The van der Waals surface area contributed by atoms with E-state index in [1.54, 1.807) is 23.1 Å². The minimum Gasteiger partial charge on any atom is -0.454 e. The van der Waals surface area contributed by atoms with E-state index in [0.717, 1.165) is 59.4 Å². The summed E-state index contributed by atoms with van der Waals surface area (Å²) >= 11 is 0. The second kappa shape index (κ2) is 13.5. The molecule has 1 aliphatic heterocycles. The second-order valence-electron chi connectivity index (χ2n) is 11.3. The van der Waals surface area contributed by atoms with Crippen molar-refractivity contribution in [1.82, 2.24) is 10.2 Å². The van der Waals surface area contributed by atoms with Crippen molar-refractivity contribution in [3.63, 3.8) is 0 Å². The lowest BCUT2D eigenvalue weighted by Gasteiger charge is -2.35. The third-order valence-corrected chi connectivity index (χ3v) is 9.29. The maximum atomic E-state index is 14.3. The monoisotopic (exact) mass is 605 g/mol. The molecule has 0 radical (unpaired) electrons. The lowest BCUT2D eigenvalue weighted by Crippen LogP contribution is -2.55. The number of hydrogen-bond donors (Lipinski definition) is 1. The summed E-state index contributed by atoms with van der Waals surface area (Å²) in [7, 11) is -3.88. The minimum absolute atomic E-state index is 0.0398. The number of fused-ring (bicyclic) bond motifs is 1. The highest BCUT2D eigenvalue weighted by molar-refractivity contribution is 7.92. The van der Waals surface area contributed by atoms with Crippen LogP contribution < -0.4 is 19.1 Å². The highest BCUT2D eigenvalue weighted by Gasteiger charge is 2.34. The van der Waals surface area contributed by atoms with E-state index in [4.69, 9.17) is 9.47 Å². The van der Waals surface area contributed by atoms with E-state index in [2.05, 4.69) is 5.32 Å². The van der Waals surface area contributed by atoms with Crippen LogP contribution in [0.1, 0.15) is 48.8 Å². The van der Waals surface area contributed by atoms with E-state index in [0.29, 0.717) is 17.9 Å². The first-order valence-corrected chi connectivity index (χ1v) is 16.6. The Kier molecular flexibility index (Phi) is 9.55. The van der Waals surface area contributed by atoms with Crippen LogP contribution >= 0.6 is 0 Å². The molecule has 10 heteroatoms. The normalized spacial score (nSPS) is 15.5. The summed E-state index contributed by atoms with van der Waals surface area (Å²) in [6.45, 7) is 1.67. The van der Waals surface area contributed by atoms with Crippen LogP contribution in [-0.4, -0.2) is 56.8 Å². The molecule has 2 aliphatic rings. The number of carbonyl (C=O) groups excluding carboxylic acids is 2. The van der Waals surface area contributed by atoms with Gasteiger partial charge in [-0.1, -0.05) is 73.9 Å². The Balaban J connectivity index is 1.51. The quantitative estimate of drug-likeness (QED) is 0.343. The van der Waals surface area contributed by atoms with Crippen LogP contribution in [0.4, 0.5) is 5.69 Å². The van der Waals surface area contributed by atoms with Crippen molar-refractivity contribution in [2.45, 2.75) is 64.1 Å². The Bertz CT molecular complexity index is 1540. The van der Waals surface area contributed by atoms with Crippen molar-refractivity contribution in [3.05, 3.63) is 89.5 Å². The fourth-order valence-electron chi connectivity index (χ4n) is 5.72. The van der Waals surface area contributed by atoms with E-state index >= 15 is 0 Å². The molecule has 0 bridgehead atoms. The number of rotatable bonds is 11. The number of carbonyl (C=O) groups is 2. The van der Waals surface area contributed by atoms with Gasteiger partial charge in [0, 0.05) is 25.1 Å². The van der Waals surface area contributed by atoms with Crippen molar-refractivity contribution >= 4 is 27.5 Å². The van der Waals surface area contributed by atoms with Gasteiger partial charge in [0.05, 0.1) is 11.9 Å². The average Bonchev–Trinajstić information content (AvgIpc) is 3.47. The first-order valence-electron chi connectivity index (χ1n) is 14.7. The van der Waals surface area contributed by atoms with Crippen LogP contribution in [0.5, 0.6) is 11.5 Å². The molecule has 0 spiro atoms. The van der Waals surface area contributed by atoms with E-state index in [1.165, 1.54) is 0 Å². The standard InChI is InChI=1S/C33H39N3O6S/c1-24-11-9-10-14-26(24)21-35(29(19-25-12-5-3-6-13-25)33(38)34-27-15-7-4-8-16-27)32(37)22-36(43(2,39)40)28-17-18-30-31(20-28)42-23-41-30/h3,5-6,9-14,17-18,20,27,29H,4,7-8,15-16,19,21-23H2,1-2H3,(H,34,38)/t29-/m0/s1. The molecular formula is C33H39N3O6S. The molecule has 1 saturated carbocycles. The largest absolute Gasteiger partial charge is 0.454 e. The number of amides is 2. The Morgan fingerprint density at radius 2 is 1.63 bits per heavy atom. The lowest BCUT2D eigenvalue weighted by molar-refractivity contribution is -0.140. The molecule has 0 unspecified atom stereocenters. The van der Waals surface area contributed by atoms with Crippen molar-refractivity contribution in [3.8, 4) is 11.5 Å². The molecule has 3 aromatic carbocycles. The van der Waals surface area contributed by atoms with Gasteiger partial charge in [0.25, 0.3) is 0 Å².